The number of nitrogens with one attached hydrogen (secondary N) is 2. The lowest BCUT2D eigenvalue weighted by Gasteiger charge is -2.39. The number of rotatable bonds is 10. The quantitative estimate of drug-likeness (QED) is 0.207. The van der Waals surface area contributed by atoms with Crippen molar-refractivity contribution in [2.24, 2.45) is 10.9 Å². The molecule has 0 amide bonds. The monoisotopic (exact) mass is 498 g/mol. The Morgan fingerprint density at radius 1 is 1.19 bits per heavy atom. The third-order valence-electron chi connectivity index (χ3n) is 4.97. The predicted molar refractivity (Wildman–Crippen MR) is 120 cm³/mol. The van der Waals surface area contributed by atoms with Crippen molar-refractivity contribution in [2.75, 3.05) is 72.4 Å². The van der Waals surface area contributed by atoms with Crippen molar-refractivity contribution in [3.63, 3.8) is 0 Å². The number of nitrogens with zero attached hydrogens (tertiary/aromatic N) is 2. The van der Waals surface area contributed by atoms with E-state index in [0.29, 0.717) is 5.92 Å². The molecule has 2 rings (SSSR count). The number of guanidine groups is 1. The molecule has 160 valence electrons. The minimum Gasteiger partial charge on any atom is -0.381 e. The lowest BCUT2D eigenvalue weighted by atomic mass is 10.0. The molecule has 2 N–H and O–H groups in total. The molecule has 0 aromatic heterocycles. The van der Waals surface area contributed by atoms with Crippen LogP contribution in [0, 0.1) is 5.92 Å². The third kappa shape index (κ3) is 9.74. The largest absolute Gasteiger partial charge is 0.381 e. The van der Waals surface area contributed by atoms with Crippen LogP contribution in [0.1, 0.15) is 33.6 Å². The Kier molecular flexibility index (Phi) is 12.8. The molecule has 0 radical (unpaired) electrons. The molecule has 2 aliphatic rings. The highest BCUT2D eigenvalue weighted by Gasteiger charge is 2.28. The number of halogens is 1. The topological polar surface area (TPSA) is 67.4 Å². The van der Waals surface area contributed by atoms with Gasteiger partial charge in [0, 0.05) is 50.8 Å². The summed E-state index contributed by atoms with van der Waals surface area (Å²) in [6, 6.07) is 0. The molecule has 8 heteroatoms. The average molecular weight is 498 g/mol. The van der Waals surface area contributed by atoms with E-state index < -0.39 is 0 Å². The lowest BCUT2D eigenvalue weighted by molar-refractivity contribution is -0.00683. The van der Waals surface area contributed by atoms with Gasteiger partial charge in [-0.1, -0.05) is 0 Å². The zero-order chi connectivity index (χ0) is 18.7. The molecule has 1 unspecified atom stereocenters. The molecule has 0 aromatic carbocycles. The maximum atomic E-state index is 5.75. The molecule has 2 heterocycles. The fourth-order valence-corrected chi connectivity index (χ4v) is 3.23. The first-order chi connectivity index (χ1) is 12.6. The minimum absolute atomic E-state index is 0. The number of hydrogen-bond acceptors (Lipinski definition) is 5. The highest BCUT2D eigenvalue weighted by molar-refractivity contribution is 14.0. The highest BCUT2D eigenvalue weighted by Crippen LogP contribution is 2.16. The SMILES string of the molecule is CCNC(=NCC(C)(C)N1CCOCC1)NCCCOCC1CCOC1.I. The maximum Gasteiger partial charge on any atom is 0.191 e. The average Bonchev–Trinajstić information content (AvgIpc) is 3.16. The van der Waals surface area contributed by atoms with Gasteiger partial charge in [0.1, 0.15) is 0 Å². The molecule has 0 aliphatic carbocycles. The van der Waals surface area contributed by atoms with E-state index in [-0.39, 0.29) is 29.5 Å². The van der Waals surface area contributed by atoms with E-state index in [1.807, 2.05) is 0 Å². The second-order valence-electron chi connectivity index (χ2n) is 7.69. The van der Waals surface area contributed by atoms with Crippen LogP contribution in [-0.2, 0) is 14.2 Å². The molecule has 2 aliphatic heterocycles. The van der Waals surface area contributed by atoms with Crippen LogP contribution in [0.15, 0.2) is 4.99 Å². The lowest BCUT2D eigenvalue weighted by Crippen LogP contribution is -2.52. The van der Waals surface area contributed by atoms with Gasteiger partial charge in [0.05, 0.1) is 33.0 Å². The molecule has 0 aromatic rings. The van der Waals surface area contributed by atoms with Crippen molar-refractivity contribution in [3.8, 4) is 0 Å². The van der Waals surface area contributed by atoms with Gasteiger partial charge in [0.25, 0.3) is 0 Å². The molecule has 1 atom stereocenters. The van der Waals surface area contributed by atoms with Crippen LogP contribution in [0.4, 0.5) is 0 Å². The van der Waals surface area contributed by atoms with E-state index in [2.05, 4.69) is 36.3 Å². The van der Waals surface area contributed by atoms with Crippen molar-refractivity contribution >= 4 is 29.9 Å². The Bertz CT molecular complexity index is 412. The minimum atomic E-state index is 0. The first-order valence-corrected chi connectivity index (χ1v) is 10.1. The number of ether oxygens (including phenoxy) is 3. The summed E-state index contributed by atoms with van der Waals surface area (Å²) in [5.41, 5.74) is 0.0403. The summed E-state index contributed by atoms with van der Waals surface area (Å²) >= 11 is 0. The van der Waals surface area contributed by atoms with E-state index in [9.17, 15) is 0 Å². The van der Waals surface area contributed by atoms with Gasteiger partial charge in [0.15, 0.2) is 5.96 Å². The van der Waals surface area contributed by atoms with E-state index in [1.165, 1.54) is 0 Å². The molecule has 27 heavy (non-hydrogen) atoms. The van der Waals surface area contributed by atoms with Crippen LogP contribution >= 0.6 is 24.0 Å². The Morgan fingerprint density at radius 2 is 1.96 bits per heavy atom. The predicted octanol–water partition coefficient (Wildman–Crippen LogP) is 1.71. The third-order valence-corrected chi connectivity index (χ3v) is 4.97. The summed E-state index contributed by atoms with van der Waals surface area (Å²) in [7, 11) is 0. The summed E-state index contributed by atoms with van der Waals surface area (Å²) in [5.74, 6) is 1.47. The Hall–Kier alpha value is -0.160. The Balaban J connectivity index is 0.00000364. The molecule has 2 saturated heterocycles. The Labute approximate surface area is 182 Å². The smallest absolute Gasteiger partial charge is 0.191 e. The summed E-state index contributed by atoms with van der Waals surface area (Å²) in [6.07, 6.45) is 2.11. The van der Waals surface area contributed by atoms with E-state index >= 15 is 0 Å². The van der Waals surface area contributed by atoms with E-state index in [1.54, 1.807) is 0 Å². The second-order valence-corrected chi connectivity index (χ2v) is 7.69. The van der Waals surface area contributed by atoms with Gasteiger partial charge in [-0.2, -0.15) is 0 Å². The summed E-state index contributed by atoms with van der Waals surface area (Å²) in [5, 5.41) is 6.75. The zero-order valence-electron chi connectivity index (χ0n) is 17.3. The molecular formula is C19H39IN4O3. The first-order valence-electron chi connectivity index (χ1n) is 10.1. The van der Waals surface area contributed by atoms with Crippen molar-refractivity contribution in [3.05, 3.63) is 0 Å². The molecular weight excluding hydrogens is 459 g/mol. The molecule has 0 saturated carbocycles. The summed E-state index contributed by atoms with van der Waals surface area (Å²) < 4.78 is 16.6. The second kappa shape index (κ2) is 13.9. The number of hydrogen-bond donors (Lipinski definition) is 2. The van der Waals surface area contributed by atoms with Gasteiger partial charge in [-0.25, -0.2) is 0 Å². The van der Waals surface area contributed by atoms with Crippen LogP contribution in [0.5, 0.6) is 0 Å². The van der Waals surface area contributed by atoms with Crippen LogP contribution in [0.3, 0.4) is 0 Å². The Morgan fingerprint density at radius 3 is 2.63 bits per heavy atom. The standard InChI is InChI=1S/C19H38N4O3.HI/c1-4-20-18(21-7-5-10-25-14-17-6-11-26-15-17)22-16-19(2,3)23-8-12-24-13-9-23;/h17H,4-16H2,1-3H3,(H2,20,21,22);1H. The van der Waals surface area contributed by atoms with Gasteiger partial charge in [-0.05, 0) is 33.6 Å². The van der Waals surface area contributed by atoms with Crippen LogP contribution in [0.25, 0.3) is 0 Å². The van der Waals surface area contributed by atoms with Crippen LogP contribution < -0.4 is 10.6 Å². The van der Waals surface area contributed by atoms with Gasteiger partial charge in [-0.3, -0.25) is 9.89 Å². The van der Waals surface area contributed by atoms with Gasteiger partial charge in [0.2, 0.25) is 0 Å². The van der Waals surface area contributed by atoms with E-state index in [4.69, 9.17) is 19.2 Å². The van der Waals surface area contributed by atoms with Crippen molar-refractivity contribution in [1.29, 1.82) is 0 Å². The zero-order valence-corrected chi connectivity index (χ0v) is 19.6. The normalized spacial score (nSPS) is 21.7. The molecule has 0 spiro atoms. The van der Waals surface area contributed by atoms with Crippen molar-refractivity contribution in [1.82, 2.24) is 15.5 Å². The van der Waals surface area contributed by atoms with Crippen molar-refractivity contribution < 1.29 is 14.2 Å². The fraction of sp³-hybridized carbons (Fsp3) is 0.947. The maximum absolute atomic E-state index is 5.75. The van der Waals surface area contributed by atoms with Crippen LogP contribution in [0.2, 0.25) is 0 Å². The highest BCUT2D eigenvalue weighted by atomic mass is 127. The van der Waals surface area contributed by atoms with Gasteiger partial charge in [-0.15, -0.1) is 24.0 Å². The first kappa shape index (κ1) is 24.9. The van der Waals surface area contributed by atoms with Gasteiger partial charge >= 0.3 is 0 Å². The molecule has 2 fully saturated rings. The van der Waals surface area contributed by atoms with Crippen molar-refractivity contribution in [2.45, 2.75) is 39.2 Å². The summed E-state index contributed by atoms with van der Waals surface area (Å²) in [4.78, 5) is 7.26. The van der Waals surface area contributed by atoms with Gasteiger partial charge < -0.3 is 24.8 Å². The number of aliphatic imine (C=N–C) groups is 1. The fourth-order valence-electron chi connectivity index (χ4n) is 3.23. The molecule has 0 bridgehead atoms. The summed E-state index contributed by atoms with van der Waals surface area (Å²) in [6.45, 7) is 16.0. The van der Waals surface area contributed by atoms with Crippen LogP contribution in [-0.4, -0.2) is 88.8 Å². The number of morpholine rings is 1. The van der Waals surface area contributed by atoms with E-state index in [0.717, 1.165) is 91.2 Å². The molecule has 7 nitrogen and oxygen atoms in total.